The Morgan fingerprint density at radius 3 is 2.64 bits per heavy atom. The van der Waals surface area contributed by atoms with E-state index < -0.39 is 0 Å². The van der Waals surface area contributed by atoms with Gasteiger partial charge in [0.15, 0.2) is 0 Å². The molecular weight excluding hydrogens is 341 g/mol. The van der Waals surface area contributed by atoms with Gasteiger partial charge in [-0.25, -0.2) is 13.9 Å². The zero-order chi connectivity index (χ0) is 18.0. The molecule has 0 radical (unpaired) electrons. The van der Waals surface area contributed by atoms with E-state index in [4.69, 9.17) is 0 Å². The zero-order valence-electron chi connectivity index (χ0n) is 14.2. The van der Waals surface area contributed by atoms with Crippen LogP contribution in [0.2, 0.25) is 0 Å². The van der Waals surface area contributed by atoms with Crippen LogP contribution in [0.25, 0.3) is 5.78 Å². The van der Waals surface area contributed by atoms with Gasteiger partial charge in [-0.15, -0.1) is 5.10 Å². The summed E-state index contributed by atoms with van der Waals surface area (Å²) in [6.07, 6.45) is 2.11. The molecule has 3 aromatic rings. The molecule has 1 N–H and O–H groups in total. The van der Waals surface area contributed by atoms with Crippen LogP contribution in [-0.4, -0.2) is 31.7 Å². The van der Waals surface area contributed by atoms with Crippen molar-refractivity contribution in [2.75, 3.05) is 6.26 Å². The highest BCUT2D eigenvalue weighted by molar-refractivity contribution is 7.98. The summed E-state index contributed by atoms with van der Waals surface area (Å²) in [5, 5.41) is 7.87. The fraction of sp³-hybridized carbons (Fsp3) is 0.294. The summed E-state index contributed by atoms with van der Waals surface area (Å²) in [6, 6.07) is 6.06. The molecule has 1 aromatic carbocycles. The summed E-state index contributed by atoms with van der Waals surface area (Å²) in [4.78, 5) is 21.1. The first kappa shape index (κ1) is 17.3. The Balaban J connectivity index is 1.75. The Kier molecular flexibility index (Phi) is 4.98. The van der Waals surface area contributed by atoms with Crippen LogP contribution in [0.4, 0.5) is 4.39 Å². The van der Waals surface area contributed by atoms with Gasteiger partial charge in [0, 0.05) is 23.5 Å². The van der Waals surface area contributed by atoms with E-state index in [0.29, 0.717) is 17.5 Å². The second-order valence-corrected chi connectivity index (χ2v) is 6.42. The number of thioether (sulfide) groups is 1. The van der Waals surface area contributed by atoms with Gasteiger partial charge >= 0.3 is 0 Å². The number of hydrogen-bond acceptors (Lipinski definition) is 5. The molecule has 130 valence electrons. The molecule has 25 heavy (non-hydrogen) atoms. The van der Waals surface area contributed by atoms with Crippen molar-refractivity contribution < 1.29 is 9.18 Å². The van der Waals surface area contributed by atoms with E-state index in [9.17, 15) is 9.18 Å². The highest BCUT2D eigenvalue weighted by atomic mass is 32.2. The zero-order valence-corrected chi connectivity index (χ0v) is 15.0. The summed E-state index contributed by atoms with van der Waals surface area (Å²) in [7, 11) is 0. The van der Waals surface area contributed by atoms with Gasteiger partial charge in [0.25, 0.3) is 5.78 Å². The Morgan fingerprint density at radius 1 is 1.24 bits per heavy atom. The highest BCUT2D eigenvalue weighted by Gasteiger charge is 2.15. The van der Waals surface area contributed by atoms with E-state index >= 15 is 0 Å². The standard InChI is InChI=1S/C17H18FN5OS/c1-10-14(11(2)23-16(20-10)21-17(22-23)25-3)8-15(24)19-9-12-4-6-13(18)7-5-12/h4-7H,8-9H2,1-3H3,(H,19,24). The minimum atomic E-state index is -0.293. The van der Waals surface area contributed by atoms with Gasteiger partial charge < -0.3 is 5.32 Å². The molecule has 0 aliphatic carbocycles. The number of halogens is 1. The molecule has 0 aliphatic rings. The molecule has 0 saturated carbocycles. The maximum atomic E-state index is 12.9. The van der Waals surface area contributed by atoms with Gasteiger partial charge in [-0.3, -0.25) is 4.79 Å². The number of benzene rings is 1. The third-order valence-corrected chi connectivity index (χ3v) is 4.49. The lowest BCUT2D eigenvalue weighted by Gasteiger charge is -2.11. The molecule has 6 nitrogen and oxygen atoms in total. The number of aromatic nitrogens is 4. The van der Waals surface area contributed by atoms with E-state index in [-0.39, 0.29) is 18.1 Å². The smallest absolute Gasteiger partial charge is 0.253 e. The first-order valence-electron chi connectivity index (χ1n) is 7.76. The van der Waals surface area contributed by atoms with E-state index in [1.165, 1.54) is 23.9 Å². The second-order valence-electron chi connectivity index (χ2n) is 5.65. The van der Waals surface area contributed by atoms with Gasteiger partial charge in [0.1, 0.15) is 5.82 Å². The minimum Gasteiger partial charge on any atom is -0.352 e. The Labute approximate surface area is 148 Å². The molecule has 1 amide bonds. The SMILES string of the molecule is CSc1nc2nc(C)c(CC(=O)NCc3ccc(F)cc3)c(C)n2n1. The molecule has 2 heterocycles. The summed E-state index contributed by atoms with van der Waals surface area (Å²) < 4.78 is 14.6. The van der Waals surface area contributed by atoms with Crippen LogP contribution in [0, 0.1) is 19.7 Å². The molecular formula is C17H18FN5OS. The number of hydrogen-bond donors (Lipinski definition) is 1. The average Bonchev–Trinajstić information content (AvgIpc) is 3.01. The van der Waals surface area contributed by atoms with Gasteiger partial charge in [0.05, 0.1) is 6.42 Å². The van der Waals surface area contributed by atoms with Crippen LogP contribution in [-0.2, 0) is 17.8 Å². The van der Waals surface area contributed by atoms with Crippen LogP contribution < -0.4 is 5.32 Å². The number of amides is 1. The number of aryl methyl sites for hydroxylation is 2. The second kappa shape index (κ2) is 7.18. The van der Waals surface area contributed by atoms with Crippen molar-refractivity contribution in [3.05, 3.63) is 52.6 Å². The average molecular weight is 359 g/mol. The van der Waals surface area contributed by atoms with E-state index in [2.05, 4.69) is 20.4 Å². The summed E-state index contributed by atoms with van der Waals surface area (Å²) in [6.45, 7) is 4.12. The Bertz CT molecular complexity index is 923. The summed E-state index contributed by atoms with van der Waals surface area (Å²) in [5.74, 6) is 0.120. The first-order chi connectivity index (χ1) is 12.0. The molecule has 2 aromatic heterocycles. The van der Waals surface area contributed by atoms with Gasteiger partial charge in [0.2, 0.25) is 11.1 Å². The molecule has 0 bridgehead atoms. The van der Waals surface area contributed by atoms with Crippen molar-refractivity contribution >= 4 is 23.4 Å². The minimum absolute atomic E-state index is 0.123. The normalized spacial score (nSPS) is 11.0. The molecule has 0 fully saturated rings. The largest absolute Gasteiger partial charge is 0.352 e. The number of rotatable bonds is 5. The predicted molar refractivity (Wildman–Crippen MR) is 94.0 cm³/mol. The maximum Gasteiger partial charge on any atom is 0.253 e. The third kappa shape index (κ3) is 3.79. The van der Waals surface area contributed by atoms with E-state index in [0.717, 1.165) is 22.5 Å². The lowest BCUT2D eigenvalue weighted by Crippen LogP contribution is -2.25. The van der Waals surface area contributed by atoms with Crippen LogP contribution in [0.5, 0.6) is 0 Å². The lowest BCUT2D eigenvalue weighted by molar-refractivity contribution is -0.120. The number of carbonyl (C=O) groups excluding carboxylic acids is 1. The Hall–Kier alpha value is -2.48. The van der Waals surface area contributed by atoms with Gasteiger partial charge in [-0.2, -0.15) is 4.98 Å². The van der Waals surface area contributed by atoms with Crippen molar-refractivity contribution in [1.82, 2.24) is 24.9 Å². The fourth-order valence-electron chi connectivity index (χ4n) is 2.56. The number of fused-ring (bicyclic) bond motifs is 1. The molecule has 0 unspecified atom stereocenters. The van der Waals surface area contributed by atoms with E-state index in [1.807, 2.05) is 20.1 Å². The van der Waals surface area contributed by atoms with Gasteiger partial charge in [-0.05, 0) is 37.8 Å². The van der Waals surface area contributed by atoms with Crippen molar-refractivity contribution in [2.45, 2.75) is 32.0 Å². The van der Waals surface area contributed by atoms with Crippen molar-refractivity contribution in [3.8, 4) is 0 Å². The predicted octanol–water partition coefficient (Wildman–Crippen LogP) is 2.46. The fourth-order valence-corrected chi connectivity index (χ4v) is 2.89. The number of nitrogens with zero attached hydrogens (tertiary/aromatic N) is 4. The van der Waals surface area contributed by atoms with Crippen LogP contribution in [0.3, 0.4) is 0 Å². The molecule has 8 heteroatoms. The van der Waals surface area contributed by atoms with Crippen LogP contribution in [0.1, 0.15) is 22.5 Å². The molecule has 0 aliphatic heterocycles. The number of carbonyl (C=O) groups is 1. The molecule has 0 saturated heterocycles. The highest BCUT2D eigenvalue weighted by Crippen LogP contribution is 2.17. The maximum absolute atomic E-state index is 12.9. The van der Waals surface area contributed by atoms with Crippen molar-refractivity contribution in [1.29, 1.82) is 0 Å². The van der Waals surface area contributed by atoms with Crippen molar-refractivity contribution in [2.24, 2.45) is 0 Å². The molecule has 0 atom stereocenters. The van der Waals surface area contributed by atoms with Crippen molar-refractivity contribution in [3.63, 3.8) is 0 Å². The first-order valence-corrected chi connectivity index (χ1v) is 8.98. The monoisotopic (exact) mass is 359 g/mol. The molecule has 3 rings (SSSR count). The third-order valence-electron chi connectivity index (χ3n) is 3.95. The lowest BCUT2D eigenvalue weighted by atomic mass is 10.1. The van der Waals surface area contributed by atoms with E-state index in [1.54, 1.807) is 16.6 Å². The quantitative estimate of drug-likeness (QED) is 0.709. The molecule has 0 spiro atoms. The topological polar surface area (TPSA) is 72.2 Å². The summed E-state index contributed by atoms with van der Waals surface area (Å²) in [5.41, 5.74) is 3.30. The van der Waals surface area contributed by atoms with Gasteiger partial charge in [-0.1, -0.05) is 23.9 Å². The van der Waals surface area contributed by atoms with Crippen LogP contribution >= 0.6 is 11.8 Å². The van der Waals surface area contributed by atoms with Crippen LogP contribution in [0.15, 0.2) is 29.4 Å². The summed E-state index contributed by atoms with van der Waals surface area (Å²) >= 11 is 1.45. The Morgan fingerprint density at radius 2 is 1.96 bits per heavy atom. The number of nitrogens with one attached hydrogen (secondary N) is 1.